The summed E-state index contributed by atoms with van der Waals surface area (Å²) in [6.45, 7) is 2.44. The number of aliphatic hydroxyl groups excluding tert-OH is 1. The molecule has 0 saturated carbocycles. The zero-order valence-electron chi connectivity index (χ0n) is 11.0. The van der Waals surface area contributed by atoms with Gasteiger partial charge in [-0.25, -0.2) is 4.39 Å². The minimum atomic E-state index is -0.468. The number of nitrogens with two attached hydrogens (primary N) is 1. The van der Waals surface area contributed by atoms with E-state index >= 15 is 0 Å². The van der Waals surface area contributed by atoms with Crippen molar-refractivity contribution in [3.63, 3.8) is 0 Å². The van der Waals surface area contributed by atoms with Crippen molar-refractivity contribution in [2.24, 2.45) is 5.73 Å². The van der Waals surface area contributed by atoms with Crippen LogP contribution in [-0.2, 0) is 0 Å². The van der Waals surface area contributed by atoms with E-state index in [0.29, 0.717) is 5.75 Å². The van der Waals surface area contributed by atoms with Crippen LogP contribution in [0, 0.1) is 5.82 Å². The summed E-state index contributed by atoms with van der Waals surface area (Å²) >= 11 is 5.60. The molecular weight excluding hydrogens is 306 g/mol. The second-order valence-electron chi connectivity index (χ2n) is 4.81. The lowest BCUT2D eigenvalue weighted by molar-refractivity contribution is 0.0173. The maximum atomic E-state index is 13.2. The van der Waals surface area contributed by atoms with Gasteiger partial charge in [0.25, 0.3) is 0 Å². The molecule has 4 nitrogen and oxygen atoms in total. The molecule has 1 atom stereocenters. The number of nitrogens with zero attached hydrogens (tertiary/aromatic N) is 1. The average molecular weight is 325 g/mol. The summed E-state index contributed by atoms with van der Waals surface area (Å²) in [5, 5.41) is 8.92. The highest BCUT2D eigenvalue weighted by Gasteiger charge is 2.28. The number of ether oxygens (including phenoxy) is 1. The molecule has 2 rings (SSSR count). The zero-order valence-corrected chi connectivity index (χ0v) is 12.5. The Hall–Kier alpha value is -0.590. The van der Waals surface area contributed by atoms with Crippen LogP contribution in [-0.4, -0.2) is 48.4 Å². The molecule has 1 aliphatic rings. The number of halogens is 3. The maximum Gasteiger partial charge on any atom is 0.145 e. The van der Waals surface area contributed by atoms with Crippen LogP contribution in [0.25, 0.3) is 0 Å². The zero-order chi connectivity index (χ0) is 13.8. The highest BCUT2D eigenvalue weighted by atomic mass is 35.5. The van der Waals surface area contributed by atoms with Gasteiger partial charge in [-0.2, -0.15) is 0 Å². The molecule has 0 bridgehead atoms. The molecule has 1 aliphatic heterocycles. The third kappa shape index (κ3) is 4.75. The normalized spacial score (nSPS) is 17.2. The number of hydrogen-bond donors (Lipinski definition) is 2. The minimum Gasteiger partial charge on any atom is -0.488 e. The van der Waals surface area contributed by atoms with E-state index in [1.807, 2.05) is 0 Å². The molecule has 20 heavy (non-hydrogen) atoms. The lowest BCUT2D eigenvalue weighted by atomic mass is 10.1. The van der Waals surface area contributed by atoms with E-state index in [1.54, 1.807) is 6.07 Å². The van der Waals surface area contributed by atoms with Gasteiger partial charge in [-0.15, -0.1) is 12.4 Å². The second-order valence-corrected chi connectivity index (χ2v) is 5.21. The van der Waals surface area contributed by atoms with Gasteiger partial charge in [-0.05, 0) is 18.6 Å². The summed E-state index contributed by atoms with van der Waals surface area (Å²) in [6.07, 6.45) is 0.838. The van der Waals surface area contributed by atoms with Crippen LogP contribution in [0.3, 0.4) is 0 Å². The molecule has 0 aliphatic carbocycles. The lowest BCUT2D eigenvalue weighted by Gasteiger charge is -2.39. The Labute approximate surface area is 129 Å². The molecule has 7 heteroatoms. The van der Waals surface area contributed by atoms with Gasteiger partial charge in [0.05, 0.1) is 11.6 Å². The smallest absolute Gasteiger partial charge is 0.145 e. The Kier molecular flexibility index (Phi) is 6.99. The van der Waals surface area contributed by atoms with Crippen molar-refractivity contribution in [2.45, 2.75) is 18.6 Å². The molecular formula is C13H19Cl2FN2O2. The summed E-state index contributed by atoms with van der Waals surface area (Å²) in [5.41, 5.74) is 5.63. The van der Waals surface area contributed by atoms with E-state index < -0.39 is 5.82 Å². The van der Waals surface area contributed by atoms with Crippen LogP contribution in [0.15, 0.2) is 18.2 Å². The SMILES string of the molecule is Cl.N[C@H](CO)CCN1CC(Oc2ccc(Cl)c(F)c2)C1. The van der Waals surface area contributed by atoms with E-state index in [-0.39, 0.29) is 36.2 Å². The topological polar surface area (TPSA) is 58.7 Å². The Balaban J connectivity index is 0.00000200. The van der Waals surface area contributed by atoms with Gasteiger partial charge >= 0.3 is 0 Å². The highest BCUT2D eigenvalue weighted by Crippen LogP contribution is 2.23. The molecule has 0 unspecified atom stereocenters. The summed E-state index contributed by atoms with van der Waals surface area (Å²) in [7, 11) is 0. The van der Waals surface area contributed by atoms with Crippen LogP contribution in [0.4, 0.5) is 4.39 Å². The fraction of sp³-hybridized carbons (Fsp3) is 0.538. The summed E-state index contributed by atoms with van der Waals surface area (Å²) in [4.78, 5) is 2.19. The van der Waals surface area contributed by atoms with Crippen LogP contribution in [0.2, 0.25) is 5.02 Å². The first-order valence-electron chi connectivity index (χ1n) is 6.29. The van der Waals surface area contributed by atoms with E-state index in [0.717, 1.165) is 26.1 Å². The van der Waals surface area contributed by atoms with E-state index in [1.165, 1.54) is 12.1 Å². The van der Waals surface area contributed by atoms with Crippen LogP contribution < -0.4 is 10.5 Å². The molecule has 1 aromatic carbocycles. The first-order valence-corrected chi connectivity index (χ1v) is 6.67. The first kappa shape index (κ1) is 17.5. The third-order valence-electron chi connectivity index (χ3n) is 3.17. The van der Waals surface area contributed by atoms with Crippen LogP contribution in [0.5, 0.6) is 5.75 Å². The van der Waals surface area contributed by atoms with Crippen molar-refractivity contribution in [2.75, 3.05) is 26.2 Å². The highest BCUT2D eigenvalue weighted by molar-refractivity contribution is 6.30. The second kappa shape index (κ2) is 8.00. The first-order chi connectivity index (χ1) is 9.08. The van der Waals surface area contributed by atoms with Crippen LogP contribution >= 0.6 is 24.0 Å². The maximum absolute atomic E-state index is 13.2. The summed E-state index contributed by atoms with van der Waals surface area (Å²) in [6, 6.07) is 4.29. The van der Waals surface area contributed by atoms with Gasteiger partial charge in [-0.3, -0.25) is 4.90 Å². The largest absolute Gasteiger partial charge is 0.488 e. The molecule has 0 radical (unpaired) electrons. The monoisotopic (exact) mass is 324 g/mol. The quantitative estimate of drug-likeness (QED) is 0.835. The van der Waals surface area contributed by atoms with Crippen molar-refractivity contribution < 1.29 is 14.2 Å². The van der Waals surface area contributed by atoms with Gasteiger partial charge in [0.2, 0.25) is 0 Å². The molecule has 1 saturated heterocycles. The predicted octanol–water partition coefficient (Wildman–Crippen LogP) is 1.67. The van der Waals surface area contributed by atoms with Crippen molar-refractivity contribution in [3.8, 4) is 5.75 Å². The van der Waals surface area contributed by atoms with Gasteiger partial charge in [0.1, 0.15) is 17.7 Å². The molecule has 114 valence electrons. The average Bonchev–Trinajstić information content (AvgIpc) is 2.35. The Morgan fingerprint density at radius 1 is 1.50 bits per heavy atom. The minimum absolute atomic E-state index is 0. The summed E-state index contributed by atoms with van der Waals surface area (Å²) < 4.78 is 18.8. The van der Waals surface area contributed by atoms with Crippen molar-refractivity contribution in [1.82, 2.24) is 4.90 Å². The molecule has 0 amide bonds. The molecule has 1 heterocycles. The Morgan fingerprint density at radius 3 is 2.80 bits per heavy atom. The van der Waals surface area contributed by atoms with E-state index in [4.69, 9.17) is 27.2 Å². The van der Waals surface area contributed by atoms with E-state index in [2.05, 4.69) is 4.90 Å². The molecule has 0 aromatic heterocycles. The number of aliphatic hydroxyl groups is 1. The molecule has 1 fully saturated rings. The van der Waals surface area contributed by atoms with Gasteiger partial charge in [0.15, 0.2) is 0 Å². The number of likely N-dealkylation sites (tertiary alicyclic amines) is 1. The fourth-order valence-electron chi connectivity index (χ4n) is 1.96. The molecule has 3 N–H and O–H groups in total. The van der Waals surface area contributed by atoms with Crippen LogP contribution in [0.1, 0.15) is 6.42 Å². The van der Waals surface area contributed by atoms with Crippen molar-refractivity contribution in [3.05, 3.63) is 29.0 Å². The standard InChI is InChI=1S/C13H18ClFN2O2.ClH/c14-12-2-1-10(5-13(12)15)19-11-6-17(7-11)4-3-9(16)8-18;/h1-2,5,9,11,18H,3-4,6-8,16H2;1H/t9-;/m0./s1. The molecule has 0 spiro atoms. The van der Waals surface area contributed by atoms with Crippen molar-refractivity contribution in [1.29, 1.82) is 0 Å². The van der Waals surface area contributed by atoms with Crippen molar-refractivity contribution >= 4 is 24.0 Å². The Bertz CT molecular complexity index is 431. The fourth-order valence-corrected chi connectivity index (χ4v) is 2.08. The number of benzene rings is 1. The predicted molar refractivity (Wildman–Crippen MR) is 79.2 cm³/mol. The van der Waals surface area contributed by atoms with Gasteiger partial charge in [-0.1, -0.05) is 11.6 Å². The lowest BCUT2D eigenvalue weighted by Crippen LogP contribution is -2.54. The summed E-state index contributed by atoms with van der Waals surface area (Å²) in [5.74, 6) is 0.0304. The van der Waals surface area contributed by atoms with Gasteiger partial charge in [0, 0.05) is 31.7 Å². The third-order valence-corrected chi connectivity index (χ3v) is 3.47. The Morgan fingerprint density at radius 2 is 2.20 bits per heavy atom. The molecule has 1 aromatic rings. The van der Waals surface area contributed by atoms with Gasteiger partial charge < -0.3 is 15.6 Å². The number of hydrogen-bond acceptors (Lipinski definition) is 4. The van der Waals surface area contributed by atoms with E-state index in [9.17, 15) is 4.39 Å². The number of rotatable bonds is 6.